The van der Waals surface area contributed by atoms with Crippen LogP contribution in [-0.4, -0.2) is 33.6 Å². The fourth-order valence-corrected chi connectivity index (χ4v) is 3.83. The number of halogens is 2. The van der Waals surface area contributed by atoms with Gasteiger partial charge in [-0.1, -0.05) is 29.3 Å². The Labute approximate surface area is 177 Å². The molecular weight excluding hydrogens is 413 g/mol. The van der Waals surface area contributed by atoms with E-state index in [1.807, 2.05) is 18.2 Å². The van der Waals surface area contributed by atoms with Gasteiger partial charge in [0.25, 0.3) is 5.56 Å². The first-order valence-electron chi connectivity index (χ1n) is 9.11. The van der Waals surface area contributed by atoms with Crippen LogP contribution in [0.2, 0.25) is 10.0 Å². The number of phenols is 1. The number of aromatic hydroxyl groups is 1. The molecule has 2 aromatic carbocycles. The summed E-state index contributed by atoms with van der Waals surface area (Å²) in [6.45, 7) is 1.74. The molecule has 29 heavy (non-hydrogen) atoms. The molecule has 8 heteroatoms. The zero-order chi connectivity index (χ0) is 20.5. The Morgan fingerprint density at radius 2 is 1.97 bits per heavy atom. The van der Waals surface area contributed by atoms with Gasteiger partial charge in [0.1, 0.15) is 5.82 Å². The van der Waals surface area contributed by atoms with Crippen LogP contribution in [-0.2, 0) is 19.5 Å². The number of aromatic nitrogens is 2. The van der Waals surface area contributed by atoms with Crippen molar-refractivity contribution in [2.45, 2.75) is 19.5 Å². The van der Waals surface area contributed by atoms with E-state index >= 15 is 0 Å². The minimum atomic E-state index is -0.111. The first-order chi connectivity index (χ1) is 14.0. The normalized spacial score (nSPS) is 13.9. The predicted molar refractivity (Wildman–Crippen MR) is 113 cm³/mol. The molecule has 0 spiro atoms. The van der Waals surface area contributed by atoms with E-state index < -0.39 is 0 Å². The molecule has 2 N–H and O–H groups in total. The molecule has 1 aromatic heterocycles. The molecule has 1 aliphatic heterocycles. The maximum Gasteiger partial charge on any atom is 0.254 e. The lowest BCUT2D eigenvalue weighted by Crippen LogP contribution is -2.35. The van der Waals surface area contributed by atoms with Crippen molar-refractivity contribution < 1.29 is 9.84 Å². The Morgan fingerprint density at radius 3 is 2.69 bits per heavy atom. The van der Waals surface area contributed by atoms with Crippen LogP contribution in [0.5, 0.6) is 11.5 Å². The number of hydrogen-bond acceptors (Lipinski definition) is 5. The van der Waals surface area contributed by atoms with Crippen molar-refractivity contribution in [3.63, 3.8) is 0 Å². The number of ether oxygens (including phenoxy) is 1. The van der Waals surface area contributed by atoms with Crippen LogP contribution in [0.25, 0.3) is 11.4 Å². The number of rotatable bonds is 4. The van der Waals surface area contributed by atoms with Gasteiger partial charge in [-0.15, -0.1) is 0 Å². The summed E-state index contributed by atoms with van der Waals surface area (Å²) in [5, 5.41) is 11.0. The van der Waals surface area contributed by atoms with Crippen LogP contribution in [0.1, 0.15) is 16.8 Å². The van der Waals surface area contributed by atoms with Crippen LogP contribution >= 0.6 is 23.2 Å². The summed E-state index contributed by atoms with van der Waals surface area (Å²) in [5.41, 5.74) is 2.94. The molecular formula is C21H19Cl2N3O3. The van der Waals surface area contributed by atoms with Gasteiger partial charge in [0.15, 0.2) is 11.5 Å². The lowest BCUT2D eigenvalue weighted by Gasteiger charge is -2.28. The predicted octanol–water partition coefficient (Wildman–Crippen LogP) is 4.02. The summed E-state index contributed by atoms with van der Waals surface area (Å²) in [6.07, 6.45) is 0.596. The molecule has 4 rings (SSSR count). The highest BCUT2D eigenvalue weighted by Gasteiger charge is 2.23. The lowest BCUT2D eigenvalue weighted by molar-refractivity contribution is 0.240. The van der Waals surface area contributed by atoms with Crippen molar-refractivity contribution in [1.82, 2.24) is 14.9 Å². The van der Waals surface area contributed by atoms with Gasteiger partial charge >= 0.3 is 0 Å². The maximum absolute atomic E-state index is 12.6. The molecule has 0 unspecified atom stereocenters. The molecule has 1 aliphatic rings. The molecule has 2 heterocycles. The summed E-state index contributed by atoms with van der Waals surface area (Å²) in [4.78, 5) is 22.3. The third-order valence-electron chi connectivity index (χ3n) is 5.04. The molecule has 0 radical (unpaired) electrons. The number of nitrogens with zero attached hydrogens (tertiary/aromatic N) is 2. The average molecular weight is 432 g/mol. The van der Waals surface area contributed by atoms with E-state index in [1.165, 1.54) is 7.11 Å². The number of phenolic OH excluding ortho intramolecular Hbond substituents is 1. The molecule has 0 saturated carbocycles. The molecule has 0 bridgehead atoms. The van der Waals surface area contributed by atoms with Gasteiger partial charge in [-0.3, -0.25) is 9.69 Å². The van der Waals surface area contributed by atoms with Gasteiger partial charge in [0, 0.05) is 35.8 Å². The van der Waals surface area contributed by atoms with Gasteiger partial charge in [-0.05, 0) is 42.3 Å². The number of benzene rings is 2. The van der Waals surface area contributed by atoms with Gasteiger partial charge in [-0.25, -0.2) is 4.98 Å². The van der Waals surface area contributed by atoms with Crippen molar-refractivity contribution in [3.05, 3.63) is 73.6 Å². The molecule has 150 valence electrons. The van der Waals surface area contributed by atoms with E-state index in [4.69, 9.17) is 32.9 Å². The largest absolute Gasteiger partial charge is 0.503 e. The standard InChI is InChI=1S/C21H19Cl2N3O3/c1-29-17-7-4-13(18(23)19(17)27)10-26-9-8-15-16(11-26)24-20(25-21(15)28)12-2-5-14(22)6-3-12/h2-7,27H,8-11H2,1H3,(H,24,25,28). The summed E-state index contributed by atoms with van der Waals surface area (Å²) in [5.74, 6) is 0.791. The Hall–Kier alpha value is -2.54. The SMILES string of the molecule is COc1ccc(CN2CCc3c(nc(-c4ccc(Cl)cc4)[nH]c3=O)C2)c(Cl)c1O. The second kappa shape index (κ2) is 8.06. The maximum atomic E-state index is 12.6. The van der Waals surface area contributed by atoms with Crippen molar-refractivity contribution >= 4 is 23.2 Å². The molecule has 0 atom stereocenters. The smallest absolute Gasteiger partial charge is 0.254 e. The minimum Gasteiger partial charge on any atom is -0.503 e. The lowest BCUT2D eigenvalue weighted by atomic mass is 10.0. The van der Waals surface area contributed by atoms with E-state index in [0.717, 1.165) is 16.8 Å². The molecule has 0 saturated heterocycles. The van der Waals surface area contributed by atoms with Gasteiger partial charge in [0.2, 0.25) is 0 Å². The molecule has 0 fully saturated rings. The van der Waals surface area contributed by atoms with E-state index in [2.05, 4.69) is 9.88 Å². The van der Waals surface area contributed by atoms with Crippen LogP contribution in [0.4, 0.5) is 0 Å². The summed E-state index contributed by atoms with van der Waals surface area (Å²) in [7, 11) is 1.48. The number of nitrogens with one attached hydrogen (secondary N) is 1. The second-order valence-electron chi connectivity index (χ2n) is 6.90. The third-order valence-corrected chi connectivity index (χ3v) is 5.72. The Bertz CT molecular complexity index is 1110. The highest BCUT2D eigenvalue weighted by Crippen LogP contribution is 2.37. The van der Waals surface area contributed by atoms with Gasteiger partial charge < -0.3 is 14.8 Å². The van der Waals surface area contributed by atoms with Crippen LogP contribution in [0.15, 0.2) is 41.2 Å². The van der Waals surface area contributed by atoms with E-state index in [-0.39, 0.29) is 16.3 Å². The highest BCUT2D eigenvalue weighted by molar-refractivity contribution is 6.33. The van der Waals surface area contributed by atoms with Crippen LogP contribution in [0.3, 0.4) is 0 Å². The van der Waals surface area contributed by atoms with Crippen molar-refractivity contribution in [1.29, 1.82) is 0 Å². The molecule has 3 aromatic rings. The van der Waals surface area contributed by atoms with Crippen molar-refractivity contribution in [2.24, 2.45) is 0 Å². The number of hydrogen-bond donors (Lipinski definition) is 2. The number of H-pyrrole nitrogens is 1. The van der Waals surface area contributed by atoms with Crippen LogP contribution < -0.4 is 10.3 Å². The first-order valence-corrected chi connectivity index (χ1v) is 9.86. The van der Waals surface area contributed by atoms with Gasteiger partial charge in [-0.2, -0.15) is 0 Å². The van der Waals surface area contributed by atoms with E-state index in [9.17, 15) is 9.90 Å². The van der Waals surface area contributed by atoms with E-state index in [0.29, 0.717) is 48.2 Å². The topological polar surface area (TPSA) is 78.5 Å². The zero-order valence-corrected chi connectivity index (χ0v) is 17.2. The summed E-state index contributed by atoms with van der Waals surface area (Å²) in [6, 6.07) is 10.7. The number of methoxy groups -OCH3 is 1. The summed E-state index contributed by atoms with van der Waals surface area (Å²) < 4.78 is 5.09. The molecule has 0 amide bonds. The Balaban J connectivity index is 1.60. The molecule has 0 aliphatic carbocycles. The monoisotopic (exact) mass is 431 g/mol. The molecule has 6 nitrogen and oxygen atoms in total. The Kier molecular flexibility index (Phi) is 5.50. The van der Waals surface area contributed by atoms with Gasteiger partial charge in [0.05, 0.1) is 17.8 Å². The third kappa shape index (κ3) is 3.96. The quantitative estimate of drug-likeness (QED) is 0.651. The Morgan fingerprint density at radius 1 is 1.21 bits per heavy atom. The fourth-order valence-electron chi connectivity index (χ4n) is 3.49. The van der Waals surface area contributed by atoms with Crippen LogP contribution in [0, 0.1) is 0 Å². The van der Waals surface area contributed by atoms with Crippen molar-refractivity contribution in [3.8, 4) is 22.9 Å². The number of fused-ring (bicyclic) bond motifs is 1. The average Bonchev–Trinajstić information content (AvgIpc) is 2.72. The fraction of sp³-hybridized carbons (Fsp3) is 0.238. The van der Waals surface area contributed by atoms with E-state index in [1.54, 1.807) is 18.2 Å². The summed E-state index contributed by atoms with van der Waals surface area (Å²) >= 11 is 12.3. The zero-order valence-electron chi connectivity index (χ0n) is 15.7. The van der Waals surface area contributed by atoms with Crippen molar-refractivity contribution in [2.75, 3.05) is 13.7 Å². The minimum absolute atomic E-state index is 0.0660. The first kappa shape index (κ1) is 19.8. The second-order valence-corrected chi connectivity index (χ2v) is 7.71. The highest BCUT2D eigenvalue weighted by atomic mass is 35.5. The number of aromatic amines is 1.